The lowest BCUT2D eigenvalue weighted by molar-refractivity contribution is 0.736. The molecule has 78 valence electrons. The second-order valence-corrected chi connectivity index (χ2v) is 6.42. The molecule has 0 amide bonds. The first-order chi connectivity index (χ1) is 5.79. The van der Waals surface area contributed by atoms with Crippen molar-refractivity contribution >= 4 is 16.6 Å². The number of hydrogen-bond donors (Lipinski definition) is 1. The molecule has 0 aliphatic rings. The van der Waals surface area contributed by atoms with Gasteiger partial charge in [0, 0.05) is 21.3 Å². The Balaban J connectivity index is 4.49. The van der Waals surface area contributed by atoms with Crippen LogP contribution in [0.3, 0.4) is 0 Å². The molecule has 0 rings (SSSR count). The molecule has 0 aliphatic carbocycles. The molecule has 0 fully saturated rings. The highest BCUT2D eigenvalue weighted by atomic mass is 32.2. The minimum Gasteiger partial charge on any atom is -0.259 e. The van der Waals surface area contributed by atoms with Crippen molar-refractivity contribution in [3.8, 4) is 0 Å². The van der Waals surface area contributed by atoms with Crippen LogP contribution in [0.5, 0.6) is 0 Å². The van der Waals surface area contributed by atoms with E-state index in [4.69, 9.17) is 4.78 Å². The van der Waals surface area contributed by atoms with Crippen molar-refractivity contribution < 1.29 is 0 Å². The van der Waals surface area contributed by atoms with Crippen LogP contribution in [0.1, 0.15) is 48.0 Å². The first-order valence-electron chi connectivity index (χ1n) is 4.80. The van der Waals surface area contributed by atoms with E-state index in [0.717, 1.165) is 12.1 Å². The average Bonchev–Trinajstić information content (AvgIpc) is 2.01. The van der Waals surface area contributed by atoms with Gasteiger partial charge in [0.15, 0.2) is 0 Å². The minimum atomic E-state index is -0.602. The molecule has 1 N–H and O–H groups in total. The first kappa shape index (κ1) is 12.8. The summed E-state index contributed by atoms with van der Waals surface area (Å²) in [7, 11) is -0.602. The summed E-state index contributed by atoms with van der Waals surface area (Å²) in [6, 6.07) is 0. The Bertz CT molecular complexity index is 213. The lowest BCUT2D eigenvalue weighted by Crippen LogP contribution is -2.20. The van der Waals surface area contributed by atoms with Crippen molar-refractivity contribution in [2.75, 3.05) is 0 Å². The predicted molar refractivity (Wildman–Crippen MR) is 62.4 cm³/mol. The molecule has 0 aromatic heterocycles. The highest BCUT2D eigenvalue weighted by Crippen LogP contribution is 2.15. The SMILES string of the molecule is CCC(C)C(C)=N[S@@](=N)C(C)(C)C. The molecular formula is C10H22N2S. The summed E-state index contributed by atoms with van der Waals surface area (Å²) in [4.78, 5) is 0. The van der Waals surface area contributed by atoms with Crippen LogP contribution in [0.25, 0.3) is 0 Å². The van der Waals surface area contributed by atoms with Gasteiger partial charge in [-0.2, -0.15) is 0 Å². The van der Waals surface area contributed by atoms with Crippen molar-refractivity contribution in [3.63, 3.8) is 0 Å². The van der Waals surface area contributed by atoms with Crippen LogP contribution in [-0.2, 0) is 10.9 Å². The Morgan fingerprint density at radius 1 is 1.46 bits per heavy atom. The molecule has 0 aromatic carbocycles. The second-order valence-electron chi connectivity index (χ2n) is 4.44. The van der Waals surface area contributed by atoms with Gasteiger partial charge >= 0.3 is 0 Å². The molecule has 0 spiro atoms. The van der Waals surface area contributed by atoms with Crippen LogP contribution >= 0.6 is 0 Å². The normalized spacial score (nSPS) is 18.5. The first-order valence-corrected chi connectivity index (χ1v) is 5.98. The number of nitrogens with one attached hydrogen (secondary N) is 1. The van der Waals surface area contributed by atoms with Crippen molar-refractivity contribution in [2.24, 2.45) is 10.3 Å². The van der Waals surface area contributed by atoms with E-state index in [2.05, 4.69) is 39.0 Å². The molecule has 0 saturated heterocycles. The van der Waals surface area contributed by atoms with Crippen LogP contribution in [0.2, 0.25) is 0 Å². The van der Waals surface area contributed by atoms with Crippen molar-refractivity contribution in [2.45, 2.75) is 52.7 Å². The van der Waals surface area contributed by atoms with Crippen LogP contribution in [0.15, 0.2) is 4.40 Å². The van der Waals surface area contributed by atoms with Crippen molar-refractivity contribution in [3.05, 3.63) is 0 Å². The molecule has 0 aromatic rings. The van der Waals surface area contributed by atoms with Crippen LogP contribution in [0.4, 0.5) is 0 Å². The van der Waals surface area contributed by atoms with Gasteiger partial charge in [0.2, 0.25) is 0 Å². The van der Waals surface area contributed by atoms with Crippen molar-refractivity contribution in [1.29, 1.82) is 4.78 Å². The van der Waals surface area contributed by atoms with E-state index < -0.39 is 10.9 Å². The summed E-state index contributed by atoms with van der Waals surface area (Å²) in [6.45, 7) is 12.6. The fraction of sp³-hybridized carbons (Fsp3) is 0.900. The summed E-state index contributed by atoms with van der Waals surface area (Å²) in [6.07, 6.45) is 1.11. The second kappa shape index (κ2) is 4.89. The van der Waals surface area contributed by atoms with Crippen LogP contribution in [0, 0.1) is 10.7 Å². The monoisotopic (exact) mass is 202 g/mol. The minimum absolute atomic E-state index is 0.0191. The van der Waals surface area contributed by atoms with Gasteiger partial charge in [-0.1, -0.05) is 13.8 Å². The molecule has 13 heavy (non-hydrogen) atoms. The van der Waals surface area contributed by atoms with E-state index in [1.165, 1.54) is 0 Å². The Morgan fingerprint density at radius 2 is 1.92 bits per heavy atom. The molecule has 0 aliphatic heterocycles. The Morgan fingerprint density at radius 3 is 2.23 bits per heavy atom. The number of hydrogen-bond acceptors (Lipinski definition) is 1. The zero-order chi connectivity index (χ0) is 10.6. The molecule has 2 atom stereocenters. The van der Waals surface area contributed by atoms with E-state index in [0.29, 0.717) is 5.92 Å². The summed E-state index contributed by atoms with van der Waals surface area (Å²) in [5.41, 5.74) is 1.12. The maximum Gasteiger partial charge on any atom is 0.0387 e. The summed E-state index contributed by atoms with van der Waals surface area (Å²) in [5.74, 6) is 0.516. The molecule has 3 heteroatoms. The van der Waals surface area contributed by atoms with E-state index in [9.17, 15) is 0 Å². The van der Waals surface area contributed by atoms with Gasteiger partial charge in [0.25, 0.3) is 0 Å². The van der Waals surface area contributed by atoms with Gasteiger partial charge in [-0.05, 0) is 40.0 Å². The zero-order valence-corrected chi connectivity index (χ0v) is 10.5. The van der Waals surface area contributed by atoms with Gasteiger partial charge in [-0.25, -0.2) is 4.40 Å². The maximum atomic E-state index is 7.86. The average molecular weight is 202 g/mol. The molecule has 1 unspecified atom stereocenters. The summed E-state index contributed by atoms with van der Waals surface area (Å²) < 4.78 is 12.3. The van der Waals surface area contributed by atoms with Crippen molar-refractivity contribution in [1.82, 2.24) is 0 Å². The topological polar surface area (TPSA) is 36.2 Å². The van der Waals surface area contributed by atoms with E-state index >= 15 is 0 Å². The smallest absolute Gasteiger partial charge is 0.0387 e. The Labute approximate surface area is 84.9 Å². The molecule has 0 saturated carbocycles. The lowest BCUT2D eigenvalue weighted by Gasteiger charge is -2.18. The number of rotatable bonds is 3. The van der Waals surface area contributed by atoms with E-state index in [1.54, 1.807) is 0 Å². The van der Waals surface area contributed by atoms with Gasteiger partial charge in [0.1, 0.15) is 0 Å². The summed E-state index contributed by atoms with van der Waals surface area (Å²) in [5, 5.41) is 0. The zero-order valence-electron chi connectivity index (χ0n) is 9.64. The van der Waals surface area contributed by atoms with E-state index in [1.807, 2.05) is 6.92 Å². The highest BCUT2D eigenvalue weighted by molar-refractivity contribution is 7.86. The van der Waals surface area contributed by atoms with E-state index in [-0.39, 0.29) is 4.75 Å². The van der Waals surface area contributed by atoms with Gasteiger partial charge in [-0.15, -0.1) is 0 Å². The quantitative estimate of drug-likeness (QED) is 0.679. The third kappa shape index (κ3) is 4.55. The number of nitrogens with zero attached hydrogens (tertiary/aromatic N) is 1. The van der Waals surface area contributed by atoms with Crippen LogP contribution in [-0.4, -0.2) is 10.5 Å². The highest BCUT2D eigenvalue weighted by Gasteiger charge is 2.16. The molecule has 0 radical (unpaired) electrons. The largest absolute Gasteiger partial charge is 0.259 e. The Hall–Kier alpha value is -0.180. The van der Waals surface area contributed by atoms with Gasteiger partial charge < -0.3 is 0 Å². The Kier molecular flexibility index (Phi) is 4.82. The van der Waals surface area contributed by atoms with Gasteiger partial charge in [0.05, 0.1) is 0 Å². The molecule has 0 heterocycles. The third-order valence-electron chi connectivity index (χ3n) is 2.14. The standard InChI is InChI=1S/C10H22N2S/c1-7-8(2)9(3)12-13(11)10(4,5)6/h8,11H,7H2,1-6H3/t8?,13-/m1/s1. The van der Waals surface area contributed by atoms with Gasteiger partial charge in [-0.3, -0.25) is 4.78 Å². The fourth-order valence-electron chi connectivity index (χ4n) is 0.666. The molecule has 2 nitrogen and oxygen atoms in total. The predicted octanol–water partition coefficient (Wildman–Crippen LogP) is 3.59. The maximum absolute atomic E-state index is 7.86. The van der Waals surface area contributed by atoms with Crippen LogP contribution < -0.4 is 0 Å². The fourth-order valence-corrected chi connectivity index (χ4v) is 1.41. The third-order valence-corrected chi connectivity index (χ3v) is 3.77. The summed E-state index contributed by atoms with van der Waals surface area (Å²) >= 11 is 0. The lowest BCUT2D eigenvalue weighted by atomic mass is 10.1. The molecule has 0 bridgehead atoms. The molecular weight excluding hydrogens is 180 g/mol.